The van der Waals surface area contributed by atoms with E-state index in [-0.39, 0.29) is 16.9 Å². The Hall–Kier alpha value is -2.60. The van der Waals surface area contributed by atoms with Crippen molar-refractivity contribution in [3.05, 3.63) is 44.3 Å². The van der Waals surface area contributed by atoms with Gasteiger partial charge in [-0.3, -0.25) is 14.9 Å². The standard InChI is InChI=1S/C9H9N5O3/c1-2-11-9(15)7-5-6(12-13-10)3-4-8(7)14(16)17/h3-5H,2H2,1H3,(H,11,15). The molecule has 0 atom stereocenters. The Morgan fingerprint density at radius 2 is 2.35 bits per heavy atom. The van der Waals surface area contributed by atoms with Crippen LogP contribution in [0.4, 0.5) is 11.4 Å². The van der Waals surface area contributed by atoms with Crippen molar-refractivity contribution in [1.82, 2.24) is 5.32 Å². The molecule has 0 aliphatic heterocycles. The number of benzene rings is 1. The van der Waals surface area contributed by atoms with Gasteiger partial charge in [0.05, 0.1) is 4.92 Å². The maximum absolute atomic E-state index is 11.6. The minimum absolute atomic E-state index is 0.123. The van der Waals surface area contributed by atoms with Gasteiger partial charge in [-0.2, -0.15) is 0 Å². The van der Waals surface area contributed by atoms with Crippen molar-refractivity contribution in [2.24, 2.45) is 5.11 Å². The number of hydrogen-bond donors (Lipinski definition) is 1. The van der Waals surface area contributed by atoms with Crippen LogP contribution >= 0.6 is 0 Å². The quantitative estimate of drug-likeness (QED) is 0.283. The molecule has 0 aliphatic carbocycles. The molecule has 0 radical (unpaired) electrons. The number of hydrogen-bond acceptors (Lipinski definition) is 4. The van der Waals surface area contributed by atoms with Gasteiger partial charge in [0.25, 0.3) is 11.6 Å². The predicted molar refractivity (Wildman–Crippen MR) is 59.9 cm³/mol. The molecule has 17 heavy (non-hydrogen) atoms. The van der Waals surface area contributed by atoms with Crippen LogP contribution in [0.2, 0.25) is 0 Å². The summed E-state index contributed by atoms with van der Waals surface area (Å²) in [6, 6.07) is 3.60. The fourth-order valence-corrected chi connectivity index (χ4v) is 1.23. The van der Waals surface area contributed by atoms with E-state index in [1.54, 1.807) is 6.92 Å². The Morgan fingerprint density at radius 3 is 2.88 bits per heavy atom. The third-order valence-corrected chi connectivity index (χ3v) is 1.92. The van der Waals surface area contributed by atoms with Gasteiger partial charge in [-0.1, -0.05) is 5.11 Å². The topological polar surface area (TPSA) is 121 Å². The molecule has 0 aromatic heterocycles. The summed E-state index contributed by atoms with van der Waals surface area (Å²) in [5.74, 6) is -0.575. The van der Waals surface area contributed by atoms with Gasteiger partial charge in [-0.25, -0.2) is 0 Å². The molecule has 1 amide bonds. The average Bonchev–Trinajstić information content (AvgIpc) is 2.29. The number of carbonyl (C=O) groups excluding carboxylic acids is 1. The highest BCUT2D eigenvalue weighted by molar-refractivity contribution is 5.98. The van der Waals surface area contributed by atoms with Crippen LogP contribution in [-0.4, -0.2) is 17.4 Å². The van der Waals surface area contributed by atoms with E-state index in [9.17, 15) is 14.9 Å². The number of rotatable bonds is 4. The average molecular weight is 235 g/mol. The first-order valence-electron chi connectivity index (χ1n) is 4.72. The third-order valence-electron chi connectivity index (χ3n) is 1.92. The lowest BCUT2D eigenvalue weighted by atomic mass is 10.1. The van der Waals surface area contributed by atoms with E-state index in [1.165, 1.54) is 12.1 Å². The van der Waals surface area contributed by atoms with Crippen LogP contribution in [0.15, 0.2) is 23.3 Å². The first-order valence-corrected chi connectivity index (χ1v) is 4.72. The zero-order chi connectivity index (χ0) is 12.8. The summed E-state index contributed by atoms with van der Waals surface area (Å²) >= 11 is 0. The largest absolute Gasteiger partial charge is 0.352 e. The van der Waals surface area contributed by atoms with Gasteiger partial charge in [-0.05, 0) is 24.6 Å². The number of nitro groups is 1. The van der Waals surface area contributed by atoms with Gasteiger partial charge in [0, 0.05) is 23.2 Å². The molecular formula is C9H9N5O3. The molecule has 0 fully saturated rings. The Balaban J connectivity index is 3.29. The molecule has 0 saturated heterocycles. The number of carbonyl (C=O) groups is 1. The second kappa shape index (κ2) is 5.47. The summed E-state index contributed by atoms with van der Waals surface area (Å²) in [5, 5.41) is 16.5. The molecule has 1 N–H and O–H groups in total. The van der Waals surface area contributed by atoms with Crippen molar-refractivity contribution in [2.45, 2.75) is 6.92 Å². The lowest BCUT2D eigenvalue weighted by molar-refractivity contribution is -0.385. The van der Waals surface area contributed by atoms with Crippen LogP contribution in [0.3, 0.4) is 0 Å². The van der Waals surface area contributed by atoms with Gasteiger partial charge in [0.15, 0.2) is 0 Å². The number of nitro benzene ring substituents is 1. The lowest BCUT2D eigenvalue weighted by Crippen LogP contribution is -2.23. The highest BCUT2D eigenvalue weighted by atomic mass is 16.6. The maximum Gasteiger partial charge on any atom is 0.282 e. The Labute approximate surface area is 96.0 Å². The van der Waals surface area contributed by atoms with Gasteiger partial charge in [-0.15, -0.1) is 0 Å². The van der Waals surface area contributed by atoms with E-state index >= 15 is 0 Å². The van der Waals surface area contributed by atoms with Crippen LogP contribution in [0, 0.1) is 10.1 Å². The van der Waals surface area contributed by atoms with E-state index in [2.05, 4.69) is 15.3 Å². The predicted octanol–water partition coefficient (Wildman–Crippen LogP) is 2.29. The summed E-state index contributed by atoms with van der Waals surface area (Å²) in [4.78, 5) is 24.2. The van der Waals surface area contributed by atoms with Crippen LogP contribution in [0.25, 0.3) is 10.4 Å². The van der Waals surface area contributed by atoms with E-state index in [0.717, 1.165) is 6.07 Å². The zero-order valence-electron chi connectivity index (χ0n) is 8.95. The van der Waals surface area contributed by atoms with Crippen molar-refractivity contribution in [3.63, 3.8) is 0 Å². The van der Waals surface area contributed by atoms with Crippen molar-refractivity contribution in [3.8, 4) is 0 Å². The molecular weight excluding hydrogens is 226 g/mol. The monoisotopic (exact) mass is 235 g/mol. The molecule has 0 saturated carbocycles. The molecule has 1 rings (SSSR count). The van der Waals surface area contributed by atoms with Crippen molar-refractivity contribution >= 4 is 17.3 Å². The van der Waals surface area contributed by atoms with Crippen LogP contribution < -0.4 is 5.32 Å². The highest BCUT2D eigenvalue weighted by Crippen LogP contribution is 2.24. The number of azide groups is 1. The molecule has 0 unspecified atom stereocenters. The SMILES string of the molecule is CCNC(=O)c1cc(N=[N+]=[N-])ccc1[N+](=O)[O-]. The number of amides is 1. The Kier molecular flexibility index (Phi) is 4.02. The minimum Gasteiger partial charge on any atom is -0.352 e. The molecule has 1 aromatic carbocycles. The van der Waals surface area contributed by atoms with E-state index in [4.69, 9.17) is 5.53 Å². The lowest BCUT2D eigenvalue weighted by Gasteiger charge is -2.03. The smallest absolute Gasteiger partial charge is 0.282 e. The van der Waals surface area contributed by atoms with Crippen molar-refractivity contribution in [2.75, 3.05) is 6.54 Å². The summed E-state index contributed by atoms with van der Waals surface area (Å²) < 4.78 is 0. The molecule has 8 heteroatoms. The molecule has 0 spiro atoms. The fraction of sp³-hybridized carbons (Fsp3) is 0.222. The van der Waals surface area contributed by atoms with Crippen molar-refractivity contribution < 1.29 is 9.72 Å². The van der Waals surface area contributed by atoms with Gasteiger partial charge < -0.3 is 5.32 Å². The summed E-state index contributed by atoms with van der Waals surface area (Å²) in [6.07, 6.45) is 0. The second-order valence-corrected chi connectivity index (χ2v) is 3.01. The molecule has 0 bridgehead atoms. The maximum atomic E-state index is 11.6. The molecule has 0 heterocycles. The van der Waals surface area contributed by atoms with Gasteiger partial charge >= 0.3 is 0 Å². The van der Waals surface area contributed by atoms with E-state index < -0.39 is 10.8 Å². The van der Waals surface area contributed by atoms with E-state index in [0.29, 0.717) is 6.54 Å². The normalized spacial score (nSPS) is 9.24. The number of nitrogens with zero attached hydrogens (tertiary/aromatic N) is 4. The third kappa shape index (κ3) is 2.93. The molecule has 88 valence electrons. The zero-order valence-corrected chi connectivity index (χ0v) is 8.95. The Bertz CT molecular complexity index is 507. The summed E-state index contributed by atoms with van der Waals surface area (Å²) in [6.45, 7) is 2.04. The van der Waals surface area contributed by atoms with Crippen LogP contribution in [0.1, 0.15) is 17.3 Å². The van der Waals surface area contributed by atoms with Crippen LogP contribution in [0.5, 0.6) is 0 Å². The first-order chi connectivity index (χ1) is 8.10. The fourth-order valence-electron chi connectivity index (χ4n) is 1.23. The summed E-state index contributed by atoms with van der Waals surface area (Å²) in [5.41, 5.74) is 7.96. The number of nitrogens with one attached hydrogen (secondary N) is 1. The van der Waals surface area contributed by atoms with Gasteiger partial charge in [0.2, 0.25) is 0 Å². The first kappa shape index (κ1) is 12.5. The van der Waals surface area contributed by atoms with E-state index in [1.807, 2.05) is 0 Å². The minimum atomic E-state index is -0.662. The second-order valence-electron chi connectivity index (χ2n) is 3.01. The Morgan fingerprint density at radius 1 is 1.65 bits per heavy atom. The highest BCUT2D eigenvalue weighted by Gasteiger charge is 2.19. The van der Waals surface area contributed by atoms with Gasteiger partial charge in [0.1, 0.15) is 5.56 Å². The van der Waals surface area contributed by atoms with Crippen LogP contribution in [-0.2, 0) is 0 Å². The van der Waals surface area contributed by atoms with Crippen molar-refractivity contribution in [1.29, 1.82) is 0 Å². The summed E-state index contributed by atoms with van der Waals surface area (Å²) in [7, 11) is 0. The molecule has 0 aliphatic rings. The molecule has 1 aromatic rings. The molecule has 8 nitrogen and oxygen atoms in total.